The standard InChI is InChI=1S/C17H27BrN2O/c1-12(2)11-20-9-5-4-6-16(19)17(20)14-10-13(21-3)7-8-15(14)18/h7-8,10,12,16-17H,4-6,9,11,19H2,1-3H3. The molecule has 2 N–H and O–H groups in total. The molecule has 4 heteroatoms. The summed E-state index contributed by atoms with van der Waals surface area (Å²) in [4.78, 5) is 2.56. The average molecular weight is 355 g/mol. The number of methoxy groups -OCH3 is 1. The molecular formula is C17H27BrN2O. The van der Waals surface area contributed by atoms with E-state index in [-0.39, 0.29) is 12.1 Å². The summed E-state index contributed by atoms with van der Waals surface area (Å²) in [6.45, 7) is 6.75. The van der Waals surface area contributed by atoms with E-state index in [1.165, 1.54) is 18.4 Å². The van der Waals surface area contributed by atoms with E-state index < -0.39 is 0 Å². The minimum absolute atomic E-state index is 0.176. The van der Waals surface area contributed by atoms with Crippen LogP contribution in [0.5, 0.6) is 5.75 Å². The molecule has 3 nitrogen and oxygen atoms in total. The number of benzene rings is 1. The van der Waals surface area contributed by atoms with E-state index in [9.17, 15) is 0 Å². The van der Waals surface area contributed by atoms with Crippen LogP contribution in [-0.4, -0.2) is 31.1 Å². The summed E-state index contributed by atoms with van der Waals surface area (Å²) < 4.78 is 6.53. The van der Waals surface area contributed by atoms with Crippen molar-refractivity contribution in [3.05, 3.63) is 28.2 Å². The van der Waals surface area contributed by atoms with Crippen molar-refractivity contribution in [1.82, 2.24) is 4.90 Å². The maximum absolute atomic E-state index is 6.53. The van der Waals surface area contributed by atoms with Gasteiger partial charge in [-0.3, -0.25) is 4.90 Å². The number of hydrogen-bond acceptors (Lipinski definition) is 3. The molecule has 1 fully saturated rings. The van der Waals surface area contributed by atoms with E-state index in [2.05, 4.69) is 46.8 Å². The SMILES string of the molecule is COc1ccc(Br)c(C2C(N)CCCCN2CC(C)C)c1. The van der Waals surface area contributed by atoms with Crippen LogP contribution in [-0.2, 0) is 0 Å². The molecule has 21 heavy (non-hydrogen) atoms. The number of nitrogens with two attached hydrogens (primary N) is 1. The second-order valence-electron chi connectivity index (χ2n) is 6.38. The summed E-state index contributed by atoms with van der Waals surface area (Å²) in [7, 11) is 1.71. The molecule has 118 valence electrons. The highest BCUT2D eigenvalue weighted by Gasteiger charge is 2.30. The molecule has 2 atom stereocenters. The summed E-state index contributed by atoms with van der Waals surface area (Å²) in [5, 5.41) is 0. The molecule has 1 heterocycles. The molecule has 0 aliphatic carbocycles. The van der Waals surface area contributed by atoms with Gasteiger partial charge in [0, 0.05) is 17.1 Å². The molecular weight excluding hydrogens is 328 g/mol. The van der Waals surface area contributed by atoms with E-state index in [0.717, 1.165) is 29.7 Å². The van der Waals surface area contributed by atoms with Crippen LogP contribution >= 0.6 is 15.9 Å². The molecule has 0 aromatic heterocycles. The van der Waals surface area contributed by atoms with Gasteiger partial charge in [0.2, 0.25) is 0 Å². The van der Waals surface area contributed by atoms with Gasteiger partial charge in [0.1, 0.15) is 5.75 Å². The van der Waals surface area contributed by atoms with Crippen LogP contribution in [0.4, 0.5) is 0 Å². The first-order valence-electron chi connectivity index (χ1n) is 7.86. The minimum atomic E-state index is 0.176. The molecule has 0 saturated carbocycles. The predicted molar refractivity (Wildman–Crippen MR) is 91.7 cm³/mol. The first-order valence-corrected chi connectivity index (χ1v) is 8.65. The van der Waals surface area contributed by atoms with Gasteiger partial charge in [-0.05, 0) is 49.1 Å². The molecule has 2 unspecified atom stereocenters. The second kappa shape index (κ2) is 7.61. The van der Waals surface area contributed by atoms with E-state index in [0.29, 0.717) is 5.92 Å². The summed E-state index contributed by atoms with van der Waals surface area (Å²) in [5.41, 5.74) is 7.79. The van der Waals surface area contributed by atoms with E-state index in [1.54, 1.807) is 7.11 Å². The van der Waals surface area contributed by atoms with Gasteiger partial charge in [-0.1, -0.05) is 36.2 Å². The molecule has 0 radical (unpaired) electrons. The Morgan fingerprint density at radius 3 is 2.81 bits per heavy atom. The molecule has 1 saturated heterocycles. The number of likely N-dealkylation sites (tertiary alicyclic amines) is 1. The monoisotopic (exact) mass is 354 g/mol. The Balaban J connectivity index is 2.38. The zero-order valence-electron chi connectivity index (χ0n) is 13.3. The Kier molecular flexibility index (Phi) is 6.08. The first kappa shape index (κ1) is 16.8. The van der Waals surface area contributed by atoms with E-state index in [1.807, 2.05) is 6.07 Å². The third kappa shape index (κ3) is 4.21. The van der Waals surface area contributed by atoms with Crippen molar-refractivity contribution in [2.45, 2.75) is 45.2 Å². The normalized spacial score (nSPS) is 24.1. The Labute approximate surface area is 137 Å². The van der Waals surface area contributed by atoms with Crippen molar-refractivity contribution >= 4 is 15.9 Å². The quantitative estimate of drug-likeness (QED) is 0.888. The number of rotatable bonds is 4. The molecule has 0 spiro atoms. The van der Waals surface area contributed by atoms with Crippen LogP contribution in [0.2, 0.25) is 0 Å². The lowest BCUT2D eigenvalue weighted by molar-refractivity contribution is 0.165. The summed E-state index contributed by atoms with van der Waals surface area (Å²) in [6.07, 6.45) is 3.54. The molecule has 1 aromatic rings. The van der Waals surface area contributed by atoms with Crippen LogP contribution in [0.1, 0.15) is 44.7 Å². The van der Waals surface area contributed by atoms with E-state index in [4.69, 9.17) is 10.5 Å². The van der Waals surface area contributed by atoms with Crippen molar-refractivity contribution < 1.29 is 4.74 Å². The van der Waals surface area contributed by atoms with Gasteiger partial charge in [-0.15, -0.1) is 0 Å². The minimum Gasteiger partial charge on any atom is -0.497 e. The third-order valence-electron chi connectivity index (χ3n) is 4.15. The van der Waals surface area contributed by atoms with Crippen LogP contribution in [0.15, 0.2) is 22.7 Å². The van der Waals surface area contributed by atoms with Crippen molar-refractivity contribution in [1.29, 1.82) is 0 Å². The number of halogens is 1. The van der Waals surface area contributed by atoms with Crippen molar-refractivity contribution in [2.75, 3.05) is 20.2 Å². The zero-order chi connectivity index (χ0) is 15.4. The lowest BCUT2D eigenvalue weighted by atomic mass is 9.95. The molecule has 0 bridgehead atoms. The van der Waals surface area contributed by atoms with Gasteiger partial charge >= 0.3 is 0 Å². The molecule has 1 aliphatic heterocycles. The predicted octanol–water partition coefficient (Wildman–Crippen LogP) is 3.97. The summed E-state index contributed by atoms with van der Waals surface area (Å²) in [5.74, 6) is 1.54. The largest absolute Gasteiger partial charge is 0.497 e. The number of hydrogen-bond donors (Lipinski definition) is 1. The van der Waals surface area contributed by atoms with Gasteiger partial charge in [-0.2, -0.15) is 0 Å². The fourth-order valence-electron chi connectivity index (χ4n) is 3.24. The van der Waals surface area contributed by atoms with Crippen LogP contribution in [0.25, 0.3) is 0 Å². The Morgan fingerprint density at radius 1 is 1.38 bits per heavy atom. The van der Waals surface area contributed by atoms with Gasteiger partial charge < -0.3 is 10.5 Å². The molecule has 1 aliphatic rings. The molecule has 2 rings (SSSR count). The van der Waals surface area contributed by atoms with Crippen LogP contribution in [0, 0.1) is 5.92 Å². The molecule has 1 aromatic carbocycles. The highest BCUT2D eigenvalue weighted by atomic mass is 79.9. The number of ether oxygens (including phenoxy) is 1. The van der Waals surface area contributed by atoms with E-state index >= 15 is 0 Å². The lowest BCUT2D eigenvalue weighted by Crippen LogP contribution is -2.41. The maximum Gasteiger partial charge on any atom is 0.119 e. The summed E-state index contributed by atoms with van der Waals surface area (Å²) >= 11 is 3.70. The topological polar surface area (TPSA) is 38.5 Å². The number of nitrogens with zero attached hydrogens (tertiary/aromatic N) is 1. The zero-order valence-corrected chi connectivity index (χ0v) is 14.9. The highest BCUT2D eigenvalue weighted by Crippen LogP contribution is 2.36. The fraction of sp³-hybridized carbons (Fsp3) is 0.647. The van der Waals surface area contributed by atoms with Gasteiger partial charge in [-0.25, -0.2) is 0 Å². The fourth-order valence-corrected chi connectivity index (χ4v) is 3.72. The summed E-state index contributed by atoms with van der Waals surface area (Å²) in [6, 6.07) is 6.63. The first-order chi connectivity index (χ1) is 10.0. The second-order valence-corrected chi connectivity index (χ2v) is 7.24. The average Bonchev–Trinajstić information content (AvgIpc) is 2.61. The van der Waals surface area contributed by atoms with Crippen molar-refractivity contribution in [3.8, 4) is 5.75 Å². The highest BCUT2D eigenvalue weighted by molar-refractivity contribution is 9.10. The molecule has 0 amide bonds. The third-order valence-corrected chi connectivity index (χ3v) is 4.88. The Hall–Kier alpha value is -0.580. The van der Waals surface area contributed by atoms with Crippen LogP contribution in [0.3, 0.4) is 0 Å². The van der Waals surface area contributed by atoms with Crippen molar-refractivity contribution in [3.63, 3.8) is 0 Å². The lowest BCUT2D eigenvalue weighted by Gasteiger charge is -2.35. The Morgan fingerprint density at radius 2 is 2.14 bits per heavy atom. The van der Waals surface area contributed by atoms with Crippen LogP contribution < -0.4 is 10.5 Å². The van der Waals surface area contributed by atoms with Gasteiger partial charge in [0.05, 0.1) is 13.2 Å². The Bertz CT molecular complexity index is 464. The smallest absolute Gasteiger partial charge is 0.119 e. The van der Waals surface area contributed by atoms with Gasteiger partial charge in [0.15, 0.2) is 0 Å². The maximum atomic E-state index is 6.53. The van der Waals surface area contributed by atoms with Crippen molar-refractivity contribution in [2.24, 2.45) is 11.7 Å². The van der Waals surface area contributed by atoms with Gasteiger partial charge in [0.25, 0.3) is 0 Å².